The van der Waals surface area contributed by atoms with Crippen LogP contribution >= 0.6 is 94.1 Å². The van der Waals surface area contributed by atoms with E-state index in [1.165, 1.54) is 70.1 Å². The van der Waals surface area contributed by atoms with Crippen LogP contribution in [0.2, 0.25) is 0 Å². The SMILES string of the molecule is O=C(OCc1ccc2c(=C3SC=CS3)c3ccccc3c(=C3SC=CS3)c2c1)c1cccc(C(=O)OCc2ccc3c(=C4SC=CS4)c4ccccc4c(=C4SC=CS4)c3c2)c1. The molecule has 12 heteroatoms. The third-order valence-electron chi connectivity index (χ3n) is 10.7. The fourth-order valence-electron chi connectivity index (χ4n) is 8.05. The molecule has 0 radical (unpaired) electrons. The number of carbonyl (C=O) groups is 2. The van der Waals surface area contributed by atoms with Crippen molar-refractivity contribution in [3.63, 3.8) is 0 Å². The molecule has 62 heavy (non-hydrogen) atoms. The van der Waals surface area contributed by atoms with Crippen molar-refractivity contribution in [1.29, 1.82) is 0 Å². The minimum absolute atomic E-state index is 0.0842. The average Bonchev–Trinajstić information content (AvgIpc) is 4.18. The van der Waals surface area contributed by atoms with Gasteiger partial charge in [0.15, 0.2) is 0 Å². The molecule has 0 unspecified atom stereocenters. The van der Waals surface area contributed by atoms with Crippen LogP contribution < -0.4 is 20.9 Å². The van der Waals surface area contributed by atoms with Crippen LogP contribution in [0.15, 0.2) is 152 Å². The van der Waals surface area contributed by atoms with Gasteiger partial charge in [-0.1, -0.05) is 173 Å². The lowest BCUT2D eigenvalue weighted by Crippen LogP contribution is -2.17. The molecule has 4 nitrogen and oxygen atoms in total. The minimum Gasteiger partial charge on any atom is -0.457 e. The van der Waals surface area contributed by atoms with Crippen LogP contribution in [0.4, 0.5) is 0 Å². The Morgan fingerprint density at radius 2 is 0.645 bits per heavy atom. The number of rotatable bonds is 6. The second-order valence-corrected chi connectivity index (χ2v) is 22.6. The van der Waals surface area contributed by atoms with Gasteiger partial charge >= 0.3 is 11.9 Å². The van der Waals surface area contributed by atoms with Crippen LogP contribution in [-0.4, -0.2) is 11.9 Å². The van der Waals surface area contributed by atoms with E-state index in [1.807, 2.05) is 12.1 Å². The normalized spacial score (nSPS) is 15.7. The molecule has 7 aromatic carbocycles. The summed E-state index contributed by atoms with van der Waals surface area (Å²) in [5.74, 6) is -1.02. The van der Waals surface area contributed by atoms with Crippen LogP contribution in [0, 0.1) is 0 Å². The van der Waals surface area contributed by atoms with Crippen molar-refractivity contribution in [1.82, 2.24) is 0 Å². The first-order valence-corrected chi connectivity index (χ1v) is 26.4. The van der Waals surface area contributed by atoms with E-state index in [0.29, 0.717) is 0 Å². The van der Waals surface area contributed by atoms with E-state index >= 15 is 0 Å². The topological polar surface area (TPSA) is 52.6 Å². The Labute approximate surface area is 390 Å². The highest BCUT2D eigenvalue weighted by Crippen LogP contribution is 2.43. The van der Waals surface area contributed by atoms with E-state index in [4.69, 9.17) is 9.47 Å². The summed E-state index contributed by atoms with van der Waals surface area (Å²) in [6, 6.07) is 36.6. The van der Waals surface area contributed by atoms with Crippen molar-refractivity contribution >= 4 is 166 Å². The number of ether oxygens (including phenoxy) is 2. The number of hydrogen-bond donors (Lipinski definition) is 0. The molecule has 4 aliphatic heterocycles. The molecule has 0 aliphatic carbocycles. The smallest absolute Gasteiger partial charge is 0.338 e. The molecule has 0 atom stereocenters. The van der Waals surface area contributed by atoms with E-state index in [0.717, 1.165) is 21.9 Å². The van der Waals surface area contributed by atoms with E-state index in [9.17, 15) is 9.59 Å². The molecular formula is C50H30O4S8. The number of fused-ring (bicyclic) bond motifs is 4. The maximum atomic E-state index is 13.6. The van der Waals surface area contributed by atoms with Crippen LogP contribution in [-0.2, 0) is 22.7 Å². The molecule has 0 amide bonds. The molecule has 302 valence electrons. The highest BCUT2D eigenvalue weighted by molar-refractivity contribution is 8.36. The lowest BCUT2D eigenvalue weighted by Gasteiger charge is -2.13. The van der Waals surface area contributed by atoms with Crippen LogP contribution in [0.25, 0.3) is 60.0 Å². The quantitative estimate of drug-likeness (QED) is 0.118. The monoisotopic (exact) mass is 950 g/mol. The first-order valence-electron chi connectivity index (χ1n) is 19.4. The zero-order valence-electron chi connectivity index (χ0n) is 32.3. The summed E-state index contributed by atoms with van der Waals surface area (Å²) in [6.45, 7) is 0.168. The van der Waals surface area contributed by atoms with E-state index in [1.54, 1.807) is 118 Å². The van der Waals surface area contributed by atoms with Gasteiger partial charge in [0, 0.05) is 20.9 Å². The van der Waals surface area contributed by atoms with Gasteiger partial charge in [-0.2, -0.15) is 0 Å². The molecule has 0 bridgehead atoms. The molecule has 0 aromatic heterocycles. The molecule has 7 aromatic rings. The summed E-state index contributed by atoms with van der Waals surface area (Å²) in [5.41, 5.74) is 2.34. The summed E-state index contributed by atoms with van der Waals surface area (Å²) in [5, 5.41) is 31.4. The van der Waals surface area contributed by atoms with Gasteiger partial charge in [-0.15, -0.1) is 0 Å². The van der Waals surface area contributed by atoms with E-state index in [2.05, 4.69) is 116 Å². The summed E-state index contributed by atoms with van der Waals surface area (Å²) >= 11 is 14.0. The molecule has 0 saturated carbocycles. The van der Waals surface area contributed by atoms with Gasteiger partial charge in [0.25, 0.3) is 0 Å². The number of benzene rings is 7. The Morgan fingerprint density at radius 1 is 0.339 bits per heavy atom. The summed E-state index contributed by atoms with van der Waals surface area (Å²) in [7, 11) is 0. The Balaban J connectivity index is 0.859. The van der Waals surface area contributed by atoms with Gasteiger partial charge in [0.05, 0.1) is 28.1 Å². The largest absolute Gasteiger partial charge is 0.457 e. The third kappa shape index (κ3) is 7.66. The molecule has 0 saturated heterocycles. The first-order chi connectivity index (χ1) is 30.6. The molecule has 4 aliphatic rings. The van der Waals surface area contributed by atoms with Gasteiger partial charge in [-0.25, -0.2) is 9.59 Å². The van der Waals surface area contributed by atoms with Crippen LogP contribution in [0.3, 0.4) is 0 Å². The second kappa shape index (κ2) is 17.7. The minimum atomic E-state index is -0.508. The molecule has 11 rings (SSSR count). The van der Waals surface area contributed by atoms with Crippen LogP contribution in [0.5, 0.6) is 0 Å². The fourth-order valence-corrected chi connectivity index (χ4v) is 15.7. The third-order valence-corrected chi connectivity index (χ3v) is 19.2. The zero-order chi connectivity index (χ0) is 41.6. The summed E-state index contributed by atoms with van der Waals surface area (Å²) in [6.07, 6.45) is 0. The van der Waals surface area contributed by atoms with E-state index < -0.39 is 11.9 Å². The molecule has 0 fully saturated rings. The number of thioether (sulfide) groups is 8. The lowest BCUT2D eigenvalue weighted by atomic mass is 9.97. The van der Waals surface area contributed by atoms with Crippen molar-refractivity contribution in [2.75, 3.05) is 0 Å². The second-order valence-electron chi connectivity index (χ2n) is 14.3. The predicted octanol–water partition coefficient (Wildman–Crippen LogP) is 13.1. The van der Waals surface area contributed by atoms with E-state index in [-0.39, 0.29) is 24.3 Å². The Kier molecular flexibility index (Phi) is 11.6. The van der Waals surface area contributed by atoms with Gasteiger partial charge in [0.1, 0.15) is 13.2 Å². The average molecular weight is 951 g/mol. The first kappa shape index (κ1) is 40.5. The van der Waals surface area contributed by atoms with Crippen molar-refractivity contribution < 1.29 is 19.1 Å². The van der Waals surface area contributed by atoms with Gasteiger partial charge in [-0.05, 0) is 128 Å². The van der Waals surface area contributed by atoms with Crippen molar-refractivity contribution in [2.45, 2.75) is 13.2 Å². The highest BCUT2D eigenvalue weighted by atomic mass is 32.2. The standard InChI is InChI=1S/C50H30O4S8/c51-45(53-27-29-12-14-37-39(24-29)43(49-59-20-21-60-49)35-10-3-1-8-33(35)41(37)47-55-16-17-56-47)31-6-5-7-32(26-31)46(52)54-28-30-13-15-38-40(25-30)44(50-61-22-23-62-50)36-11-4-2-9-34(36)42(38)48-57-18-19-58-48/h1-26H,27-28H2. The molecule has 0 spiro atoms. The predicted molar refractivity (Wildman–Crippen MR) is 277 cm³/mol. The van der Waals surface area contributed by atoms with Crippen molar-refractivity contribution in [3.05, 3.63) is 196 Å². The summed E-state index contributed by atoms with van der Waals surface area (Å²) < 4.78 is 16.8. The number of carbonyl (C=O) groups excluding carboxylic acids is 2. The number of hydrogen-bond acceptors (Lipinski definition) is 12. The maximum absolute atomic E-state index is 13.6. The zero-order valence-corrected chi connectivity index (χ0v) is 38.9. The molecule has 4 heterocycles. The van der Waals surface area contributed by atoms with Crippen LogP contribution in [0.1, 0.15) is 31.8 Å². The number of esters is 2. The van der Waals surface area contributed by atoms with Gasteiger partial charge in [-0.3, -0.25) is 0 Å². The Hall–Kier alpha value is -4.24. The highest BCUT2D eigenvalue weighted by Gasteiger charge is 2.19. The molecular weight excluding hydrogens is 921 g/mol. The lowest BCUT2D eigenvalue weighted by molar-refractivity contribution is 0.0470. The summed E-state index contributed by atoms with van der Waals surface area (Å²) in [4.78, 5) is 27.1. The Bertz CT molecular complexity index is 3220. The maximum Gasteiger partial charge on any atom is 0.338 e. The molecule has 0 N–H and O–H groups in total. The van der Waals surface area contributed by atoms with Crippen molar-refractivity contribution in [3.8, 4) is 0 Å². The van der Waals surface area contributed by atoms with Crippen molar-refractivity contribution in [2.24, 2.45) is 0 Å². The van der Waals surface area contributed by atoms with Gasteiger partial charge < -0.3 is 9.47 Å². The van der Waals surface area contributed by atoms with Gasteiger partial charge in [0.2, 0.25) is 0 Å². The Morgan fingerprint density at radius 3 is 0.984 bits per heavy atom. The fraction of sp³-hybridized carbons (Fsp3) is 0.0400.